The van der Waals surface area contributed by atoms with Crippen LogP contribution in [0.25, 0.3) is 0 Å². The molecule has 0 amide bonds. The molecule has 90 valence electrons. The van der Waals surface area contributed by atoms with Gasteiger partial charge in [-0.3, -0.25) is 9.69 Å². The molecule has 0 saturated carbocycles. The highest BCUT2D eigenvalue weighted by Crippen LogP contribution is 2.14. The Hall–Kier alpha value is -1.05. The largest absolute Gasteiger partial charge is 0.481 e. The fourth-order valence-electron chi connectivity index (χ4n) is 1.87. The maximum Gasteiger partial charge on any atom is 0.307 e. The van der Waals surface area contributed by atoms with Gasteiger partial charge in [0.05, 0.1) is 18.6 Å². The van der Waals surface area contributed by atoms with Gasteiger partial charge in [0, 0.05) is 19.7 Å². The topological polar surface area (TPSA) is 49.8 Å². The third kappa shape index (κ3) is 4.21. The molecule has 2 atom stereocenters. The molecule has 1 N–H and O–H groups in total. The van der Waals surface area contributed by atoms with Crippen LogP contribution < -0.4 is 0 Å². The standard InChI is InChI=1S/C12H19NO3/c1-3-6-13(8-10(2)12(14)15)9-11-5-4-7-16-11/h1,10-11H,4-9H2,2H3,(H,14,15). The van der Waals surface area contributed by atoms with Crippen LogP contribution in [0.4, 0.5) is 0 Å². The Morgan fingerprint density at radius 1 is 1.75 bits per heavy atom. The van der Waals surface area contributed by atoms with Gasteiger partial charge in [-0.1, -0.05) is 12.8 Å². The van der Waals surface area contributed by atoms with Crippen molar-refractivity contribution < 1.29 is 14.6 Å². The van der Waals surface area contributed by atoms with Gasteiger partial charge in [-0.15, -0.1) is 6.42 Å². The second kappa shape index (κ2) is 6.51. The first-order valence-electron chi connectivity index (χ1n) is 5.63. The molecule has 4 heteroatoms. The lowest BCUT2D eigenvalue weighted by Crippen LogP contribution is -2.37. The van der Waals surface area contributed by atoms with Gasteiger partial charge in [0.25, 0.3) is 0 Å². The fourth-order valence-corrected chi connectivity index (χ4v) is 1.87. The van der Waals surface area contributed by atoms with Crippen LogP contribution in [-0.2, 0) is 9.53 Å². The summed E-state index contributed by atoms with van der Waals surface area (Å²) in [5.41, 5.74) is 0. The molecule has 0 aromatic carbocycles. The molecular weight excluding hydrogens is 206 g/mol. The van der Waals surface area contributed by atoms with Gasteiger partial charge in [-0.2, -0.15) is 0 Å². The van der Waals surface area contributed by atoms with Gasteiger partial charge < -0.3 is 9.84 Å². The molecular formula is C12H19NO3. The van der Waals surface area contributed by atoms with Crippen molar-refractivity contribution >= 4 is 5.97 Å². The lowest BCUT2D eigenvalue weighted by molar-refractivity contribution is -0.141. The molecule has 1 saturated heterocycles. The summed E-state index contributed by atoms with van der Waals surface area (Å²) in [4.78, 5) is 12.7. The third-order valence-corrected chi connectivity index (χ3v) is 2.75. The maximum absolute atomic E-state index is 10.8. The summed E-state index contributed by atoms with van der Waals surface area (Å²) >= 11 is 0. The van der Waals surface area contributed by atoms with Crippen molar-refractivity contribution in [2.45, 2.75) is 25.9 Å². The van der Waals surface area contributed by atoms with E-state index in [0.29, 0.717) is 13.1 Å². The number of carboxylic acid groups (broad SMARTS) is 1. The molecule has 4 nitrogen and oxygen atoms in total. The van der Waals surface area contributed by atoms with E-state index in [4.69, 9.17) is 16.3 Å². The predicted octanol–water partition coefficient (Wildman–Crippen LogP) is 0.821. The average Bonchev–Trinajstić information content (AvgIpc) is 2.70. The maximum atomic E-state index is 10.8. The Morgan fingerprint density at radius 3 is 3.00 bits per heavy atom. The zero-order chi connectivity index (χ0) is 12.0. The lowest BCUT2D eigenvalue weighted by Gasteiger charge is -2.24. The summed E-state index contributed by atoms with van der Waals surface area (Å²) < 4.78 is 5.51. The first-order valence-corrected chi connectivity index (χ1v) is 5.63. The highest BCUT2D eigenvalue weighted by Gasteiger charge is 2.21. The minimum atomic E-state index is -0.783. The van der Waals surface area contributed by atoms with Crippen molar-refractivity contribution in [3.05, 3.63) is 0 Å². The molecule has 0 radical (unpaired) electrons. The normalized spacial score (nSPS) is 21.9. The van der Waals surface area contributed by atoms with Crippen LogP contribution in [0.3, 0.4) is 0 Å². The summed E-state index contributed by atoms with van der Waals surface area (Å²) in [6.07, 6.45) is 7.62. The number of hydrogen-bond donors (Lipinski definition) is 1. The Balaban J connectivity index is 2.40. The predicted molar refractivity (Wildman–Crippen MR) is 61.0 cm³/mol. The molecule has 0 aliphatic carbocycles. The Morgan fingerprint density at radius 2 is 2.50 bits per heavy atom. The monoisotopic (exact) mass is 225 g/mol. The summed E-state index contributed by atoms with van der Waals surface area (Å²) in [6.45, 7) is 4.21. The zero-order valence-corrected chi connectivity index (χ0v) is 9.69. The molecule has 0 spiro atoms. The van der Waals surface area contributed by atoms with Crippen LogP contribution in [0.2, 0.25) is 0 Å². The smallest absolute Gasteiger partial charge is 0.307 e. The molecule has 1 aliphatic heterocycles. The van der Waals surface area contributed by atoms with Crippen molar-refractivity contribution in [2.24, 2.45) is 5.92 Å². The second-order valence-corrected chi connectivity index (χ2v) is 4.27. The second-order valence-electron chi connectivity index (χ2n) is 4.27. The molecule has 0 aromatic heterocycles. The molecule has 1 heterocycles. The molecule has 1 fully saturated rings. The van der Waals surface area contributed by atoms with E-state index in [-0.39, 0.29) is 6.10 Å². The van der Waals surface area contributed by atoms with Crippen LogP contribution in [-0.4, -0.2) is 48.3 Å². The highest BCUT2D eigenvalue weighted by atomic mass is 16.5. The van der Waals surface area contributed by atoms with Crippen LogP contribution in [0.1, 0.15) is 19.8 Å². The fraction of sp³-hybridized carbons (Fsp3) is 0.750. The number of nitrogens with zero attached hydrogens (tertiary/aromatic N) is 1. The highest BCUT2D eigenvalue weighted by molar-refractivity contribution is 5.69. The number of hydrogen-bond acceptors (Lipinski definition) is 3. The summed E-state index contributed by atoms with van der Waals surface area (Å²) in [6, 6.07) is 0. The van der Waals surface area contributed by atoms with Crippen LogP contribution in [0.15, 0.2) is 0 Å². The third-order valence-electron chi connectivity index (χ3n) is 2.75. The Labute approximate surface area is 96.6 Å². The number of carboxylic acids is 1. The number of carbonyl (C=O) groups is 1. The Kier molecular flexibility index (Phi) is 5.30. The molecule has 1 rings (SSSR count). The Bertz CT molecular complexity index is 266. The number of ether oxygens (including phenoxy) is 1. The van der Waals surface area contributed by atoms with Crippen LogP contribution in [0.5, 0.6) is 0 Å². The van der Waals surface area contributed by atoms with E-state index in [2.05, 4.69) is 5.92 Å². The van der Waals surface area contributed by atoms with E-state index in [1.807, 2.05) is 4.90 Å². The van der Waals surface area contributed by atoms with Gasteiger partial charge in [0.15, 0.2) is 0 Å². The van der Waals surface area contributed by atoms with Crippen LogP contribution in [0, 0.1) is 18.3 Å². The van der Waals surface area contributed by atoms with Crippen molar-refractivity contribution in [3.63, 3.8) is 0 Å². The minimum absolute atomic E-state index is 0.217. The van der Waals surface area contributed by atoms with E-state index < -0.39 is 11.9 Å². The van der Waals surface area contributed by atoms with E-state index in [0.717, 1.165) is 26.0 Å². The van der Waals surface area contributed by atoms with Crippen molar-refractivity contribution in [2.75, 3.05) is 26.2 Å². The van der Waals surface area contributed by atoms with Crippen molar-refractivity contribution in [1.29, 1.82) is 0 Å². The van der Waals surface area contributed by atoms with E-state index in [9.17, 15) is 4.79 Å². The molecule has 0 aromatic rings. The van der Waals surface area contributed by atoms with Gasteiger partial charge in [-0.25, -0.2) is 0 Å². The zero-order valence-electron chi connectivity index (χ0n) is 9.69. The van der Waals surface area contributed by atoms with Gasteiger partial charge in [0.1, 0.15) is 0 Å². The quantitative estimate of drug-likeness (QED) is 0.680. The van der Waals surface area contributed by atoms with E-state index in [1.54, 1.807) is 6.92 Å². The SMILES string of the molecule is C#CCN(CC1CCCO1)CC(C)C(=O)O. The summed E-state index contributed by atoms with van der Waals surface area (Å²) in [5, 5.41) is 8.85. The van der Waals surface area contributed by atoms with Gasteiger partial charge >= 0.3 is 5.97 Å². The minimum Gasteiger partial charge on any atom is -0.481 e. The molecule has 2 unspecified atom stereocenters. The van der Waals surface area contributed by atoms with Crippen LogP contribution >= 0.6 is 0 Å². The first kappa shape index (κ1) is 13.0. The van der Waals surface area contributed by atoms with E-state index in [1.165, 1.54) is 0 Å². The number of rotatable bonds is 6. The van der Waals surface area contributed by atoms with Gasteiger partial charge in [-0.05, 0) is 12.8 Å². The number of aliphatic carboxylic acids is 1. The van der Waals surface area contributed by atoms with Gasteiger partial charge in [0.2, 0.25) is 0 Å². The molecule has 16 heavy (non-hydrogen) atoms. The summed E-state index contributed by atoms with van der Waals surface area (Å²) in [7, 11) is 0. The van der Waals surface area contributed by atoms with E-state index >= 15 is 0 Å². The first-order chi connectivity index (χ1) is 7.63. The molecule has 1 aliphatic rings. The summed E-state index contributed by atoms with van der Waals surface area (Å²) in [5.74, 6) is 1.39. The van der Waals surface area contributed by atoms with Crippen molar-refractivity contribution in [1.82, 2.24) is 4.90 Å². The number of terminal acetylenes is 1. The lowest BCUT2D eigenvalue weighted by atomic mass is 10.1. The van der Waals surface area contributed by atoms with Crippen molar-refractivity contribution in [3.8, 4) is 12.3 Å². The molecule has 0 bridgehead atoms. The average molecular weight is 225 g/mol.